The summed E-state index contributed by atoms with van der Waals surface area (Å²) in [5.74, 6) is 0. The van der Waals surface area contributed by atoms with Crippen molar-refractivity contribution in [2.75, 3.05) is 17.2 Å². The van der Waals surface area contributed by atoms with Crippen LogP contribution in [0, 0.1) is 0 Å². The first-order chi connectivity index (χ1) is 7.66. The van der Waals surface area contributed by atoms with E-state index in [9.17, 15) is 0 Å². The smallest absolute Gasteiger partial charge is 0.0370 e. The van der Waals surface area contributed by atoms with Crippen LogP contribution >= 0.6 is 0 Å². The summed E-state index contributed by atoms with van der Waals surface area (Å²) in [5, 5.41) is 0. The Morgan fingerprint density at radius 2 is 1.44 bits per heavy atom. The van der Waals surface area contributed by atoms with Crippen molar-refractivity contribution in [2.24, 2.45) is 0 Å². The summed E-state index contributed by atoms with van der Waals surface area (Å²) < 4.78 is 0. The van der Waals surface area contributed by atoms with Crippen LogP contribution in [0.15, 0.2) is 42.5 Å². The molecule has 0 spiro atoms. The molecule has 0 bridgehead atoms. The molecule has 3 nitrogen and oxygen atoms in total. The van der Waals surface area contributed by atoms with Gasteiger partial charge in [0.05, 0.1) is 0 Å². The lowest BCUT2D eigenvalue weighted by atomic mass is 10.0. The highest BCUT2D eigenvalue weighted by molar-refractivity contribution is 5.59. The van der Waals surface area contributed by atoms with Crippen LogP contribution in [0.1, 0.15) is 11.1 Å². The van der Waals surface area contributed by atoms with Crippen LogP contribution in [-0.2, 0) is 6.42 Å². The highest BCUT2D eigenvalue weighted by atomic mass is 14.6. The molecule has 0 saturated heterocycles. The summed E-state index contributed by atoms with van der Waals surface area (Å²) in [6.07, 6.45) is 0.735. The standard InChI is InChI=1S/C13H15N3/c14-11-6-5-10(13(16)8-11)7-9-3-1-2-4-12(9)15/h1-6,8H,7,14-16H2. The average Bonchev–Trinajstić information content (AvgIpc) is 2.25. The number of anilines is 3. The fourth-order valence-electron chi connectivity index (χ4n) is 1.67. The van der Waals surface area contributed by atoms with E-state index < -0.39 is 0 Å². The van der Waals surface area contributed by atoms with Gasteiger partial charge in [0, 0.05) is 23.5 Å². The molecule has 2 rings (SSSR count). The van der Waals surface area contributed by atoms with Crippen LogP contribution in [0.25, 0.3) is 0 Å². The van der Waals surface area contributed by atoms with Crippen molar-refractivity contribution in [3.05, 3.63) is 53.6 Å². The number of rotatable bonds is 2. The predicted octanol–water partition coefficient (Wildman–Crippen LogP) is 2.02. The topological polar surface area (TPSA) is 78.1 Å². The number of para-hydroxylation sites is 1. The van der Waals surface area contributed by atoms with Crippen LogP contribution in [0.5, 0.6) is 0 Å². The summed E-state index contributed by atoms with van der Waals surface area (Å²) >= 11 is 0. The summed E-state index contributed by atoms with van der Waals surface area (Å²) in [4.78, 5) is 0. The van der Waals surface area contributed by atoms with Crippen LogP contribution < -0.4 is 17.2 Å². The van der Waals surface area contributed by atoms with Crippen molar-refractivity contribution in [1.29, 1.82) is 0 Å². The second-order valence-electron chi connectivity index (χ2n) is 3.83. The average molecular weight is 213 g/mol. The second kappa shape index (κ2) is 4.14. The van der Waals surface area contributed by atoms with Gasteiger partial charge in [-0.25, -0.2) is 0 Å². The third kappa shape index (κ3) is 2.08. The zero-order valence-electron chi connectivity index (χ0n) is 8.98. The first-order valence-corrected chi connectivity index (χ1v) is 5.14. The number of hydrogen-bond acceptors (Lipinski definition) is 3. The van der Waals surface area contributed by atoms with E-state index in [0.717, 1.165) is 23.2 Å². The fourth-order valence-corrected chi connectivity index (χ4v) is 1.67. The third-order valence-electron chi connectivity index (χ3n) is 2.61. The van der Waals surface area contributed by atoms with Gasteiger partial charge >= 0.3 is 0 Å². The maximum Gasteiger partial charge on any atom is 0.0370 e. The Balaban J connectivity index is 2.31. The summed E-state index contributed by atoms with van der Waals surface area (Å²) in [7, 11) is 0. The Morgan fingerprint density at radius 3 is 2.12 bits per heavy atom. The van der Waals surface area contributed by atoms with Crippen molar-refractivity contribution in [3.63, 3.8) is 0 Å². The lowest BCUT2D eigenvalue weighted by Gasteiger charge is -2.08. The molecule has 0 aliphatic carbocycles. The maximum atomic E-state index is 5.90. The van der Waals surface area contributed by atoms with E-state index in [1.807, 2.05) is 36.4 Å². The monoisotopic (exact) mass is 213 g/mol. The van der Waals surface area contributed by atoms with Gasteiger partial charge < -0.3 is 17.2 Å². The van der Waals surface area contributed by atoms with Gasteiger partial charge in [-0.15, -0.1) is 0 Å². The van der Waals surface area contributed by atoms with Crippen LogP contribution in [-0.4, -0.2) is 0 Å². The summed E-state index contributed by atoms with van der Waals surface area (Å²) in [6, 6.07) is 13.4. The third-order valence-corrected chi connectivity index (χ3v) is 2.61. The molecule has 0 aromatic heterocycles. The van der Waals surface area contributed by atoms with Crippen molar-refractivity contribution in [2.45, 2.75) is 6.42 Å². The molecule has 0 atom stereocenters. The Bertz CT molecular complexity index is 506. The van der Waals surface area contributed by atoms with Crippen LogP contribution in [0.4, 0.5) is 17.1 Å². The fraction of sp³-hybridized carbons (Fsp3) is 0.0769. The molecule has 0 aliphatic rings. The molecule has 0 amide bonds. The van der Waals surface area contributed by atoms with Gasteiger partial charge in [-0.1, -0.05) is 24.3 Å². The lowest BCUT2D eigenvalue weighted by molar-refractivity contribution is 1.20. The molecular weight excluding hydrogens is 198 g/mol. The van der Waals surface area contributed by atoms with E-state index in [-0.39, 0.29) is 0 Å². The van der Waals surface area contributed by atoms with Gasteiger partial charge in [-0.2, -0.15) is 0 Å². The molecule has 0 saturated carbocycles. The SMILES string of the molecule is Nc1ccc(Cc2ccccc2N)c(N)c1. The van der Waals surface area contributed by atoms with Crippen molar-refractivity contribution in [1.82, 2.24) is 0 Å². The van der Waals surface area contributed by atoms with E-state index in [0.29, 0.717) is 11.4 Å². The summed E-state index contributed by atoms with van der Waals surface area (Å²) in [5.41, 5.74) is 21.7. The zero-order valence-corrected chi connectivity index (χ0v) is 8.98. The number of benzene rings is 2. The molecule has 6 N–H and O–H groups in total. The quantitative estimate of drug-likeness (QED) is 0.668. The Hall–Kier alpha value is -2.16. The normalized spacial score (nSPS) is 10.2. The highest BCUT2D eigenvalue weighted by Gasteiger charge is 2.03. The molecule has 16 heavy (non-hydrogen) atoms. The Kier molecular flexibility index (Phi) is 2.68. The summed E-state index contributed by atoms with van der Waals surface area (Å²) in [6.45, 7) is 0. The van der Waals surface area contributed by atoms with Crippen LogP contribution in [0.3, 0.4) is 0 Å². The van der Waals surface area contributed by atoms with Gasteiger partial charge in [-0.3, -0.25) is 0 Å². The van der Waals surface area contributed by atoms with Gasteiger partial charge in [-0.05, 0) is 29.3 Å². The van der Waals surface area contributed by atoms with E-state index >= 15 is 0 Å². The molecule has 0 unspecified atom stereocenters. The van der Waals surface area contributed by atoms with E-state index in [2.05, 4.69) is 0 Å². The predicted molar refractivity (Wildman–Crippen MR) is 68.9 cm³/mol. The first-order valence-electron chi connectivity index (χ1n) is 5.14. The van der Waals surface area contributed by atoms with E-state index in [1.54, 1.807) is 6.07 Å². The van der Waals surface area contributed by atoms with Gasteiger partial charge in [0.1, 0.15) is 0 Å². The van der Waals surface area contributed by atoms with E-state index in [1.165, 1.54) is 0 Å². The second-order valence-corrected chi connectivity index (χ2v) is 3.83. The Labute approximate surface area is 94.9 Å². The van der Waals surface area contributed by atoms with Crippen molar-refractivity contribution in [3.8, 4) is 0 Å². The molecule has 0 fully saturated rings. The zero-order chi connectivity index (χ0) is 11.5. The van der Waals surface area contributed by atoms with Gasteiger partial charge in [0.25, 0.3) is 0 Å². The molecule has 0 heterocycles. The maximum absolute atomic E-state index is 5.90. The van der Waals surface area contributed by atoms with Crippen molar-refractivity contribution >= 4 is 17.1 Å². The highest BCUT2D eigenvalue weighted by Crippen LogP contribution is 2.21. The molecule has 82 valence electrons. The molecule has 0 radical (unpaired) electrons. The molecule has 2 aromatic rings. The largest absolute Gasteiger partial charge is 0.399 e. The van der Waals surface area contributed by atoms with Gasteiger partial charge in [0.2, 0.25) is 0 Å². The lowest BCUT2D eigenvalue weighted by Crippen LogP contribution is -2.00. The number of hydrogen-bond donors (Lipinski definition) is 3. The number of nitrogen functional groups attached to an aromatic ring is 3. The first kappa shape index (κ1) is 10.4. The Morgan fingerprint density at radius 1 is 0.750 bits per heavy atom. The minimum Gasteiger partial charge on any atom is -0.399 e. The van der Waals surface area contributed by atoms with E-state index in [4.69, 9.17) is 17.2 Å². The molecule has 0 aliphatic heterocycles. The minimum absolute atomic E-state index is 0.683. The molecular formula is C13H15N3. The minimum atomic E-state index is 0.683. The van der Waals surface area contributed by atoms with Crippen LogP contribution in [0.2, 0.25) is 0 Å². The number of nitrogens with two attached hydrogens (primary N) is 3. The van der Waals surface area contributed by atoms with Crippen molar-refractivity contribution < 1.29 is 0 Å². The van der Waals surface area contributed by atoms with Gasteiger partial charge in [0.15, 0.2) is 0 Å². The molecule has 2 aromatic carbocycles. The molecule has 3 heteroatoms.